The van der Waals surface area contributed by atoms with Gasteiger partial charge in [0.2, 0.25) is 0 Å². The Bertz CT molecular complexity index is 184. The SMILES string of the molecule is CN1C(=S)NC=CC1(C)C. The molecule has 2 nitrogen and oxygen atoms in total. The van der Waals surface area contributed by atoms with Gasteiger partial charge in [0, 0.05) is 13.2 Å². The van der Waals surface area contributed by atoms with E-state index in [9.17, 15) is 0 Å². The molecule has 0 spiro atoms. The molecule has 0 aromatic heterocycles. The van der Waals surface area contributed by atoms with Crippen LogP contribution in [-0.2, 0) is 0 Å². The van der Waals surface area contributed by atoms with Crippen molar-refractivity contribution < 1.29 is 0 Å². The van der Waals surface area contributed by atoms with E-state index in [1.54, 1.807) is 0 Å². The van der Waals surface area contributed by atoms with E-state index in [4.69, 9.17) is 12.2 Å². The number of thiocarbonyl (C=S) groups is 1. The summed E-state index contributed by atoms with van der Waals surface area (Å²) in [5.41, 5.74) is 0.0579. The maximum absolute atomic E-state index is 5.04. The van der Waals surface area contributed by atoms with Gasteiger partial charge in [0.1, 0.15) is 0 Å². The van der Waals surface area contributed by atoms with Crippen LogP contribution < -0.4 is 5.32 Å². The molecule has 56 valence electrons. The maximum atomic E-state index is 5.04. The van der Waals surface area contributed by atoms with Crippen molar-refractivity contribution >= 4 is 17.3 Å². The summed E-state index contributed by atoms with van der Waals surface area (Å²) < 4.78 is 0. The molecule has 0 atom stereocenters. The van der Waals surface area contributed by atoms with E-state index in [1.165, 1.54) is 0 Å². The first-order chi connectivity index (χ1) is 4.54. The van der Waals surface area contributed by atoms with Crippen LogP contribution in [0.5, 0.6) is 0 Å². The van der Waals surface area contributed by atoms with Gasteiger partial charge >= 0.3 is 0 Å². The van der Waals surface area contributed by atoms with E-state index in [2.05, 4.69) is 25.2 Å². The lowest BCUT2D eigenvalue weighted by Gasteiger charge is -2.37. The Morgan fingerprint density at radius 3 is 2.60 bits per heavy atom. The minimum Gasteiger partial charge on any atom is -0.343 e. The van der Waals surface area contributed by atoms with Crippen molar-refractivity contribution in [3.63, 3.8) is 0 Å². The molecule has 0 aromatic rings. The lowest BCUT2D eigenvalue weighted by atomic mass is 10.0. The Labute approximate surface area is 66.9 Å². The highest BCUT2D eigenvalue weighted by Gasteiger charge is 2.24. The Balaban J connectivity index is 2.87. The molecule has 3 heteroatoms. The molecule has 0 aliphatic carbocycles. The lowest BCUT2D eigenvalue weighted by molar-refractivity contribution is 0.311. The van der Waals surface area contributed by atoms with Crippen LogP contribution in [0.15, 0.2) is 12.3 Å². The van der Waals surface area contributed by atoms with E-state index in [0.717, 1.165) is 5.11 Å². The maximum Gasteiger partial charge on any atom is 0.173 e. The van der Waals surface area contributed by atoms with Crippen molar-refractivity contribution in [2.75, 3.05) is 7.05 Å². The number of hydrogen-bond acceptors (Lipinski definition) is 1. The van der Waals surface area contributed by atoms with Crippen LogP contribution in [0, 0.1) is 0 Å². The molecule has 0 unspecified atom stereocenters. The summed E-state index contributed by atoms with van der Waals surface area (Å²) in [5, 5.41) is 3.75. The van der Waals surface area contributed by atoms with E-state index in [0.29, 0.717) is 0 Å². The molecule has 0 fully saturated rings. The second-order valence-corrected chi connectivity index (χ2v) is 3.38. The average molecular weight is 156 g/mol. The van der Waals surface area contributed by atoms with Gasteiger partial charge in [0.05, 0.1) is 5.54 Å². The summed E-state index contributed by atoms with van der Waals surface area (Å²) in [6, 6.07) is 0. The van der Waals surface area contributed by atoms with Gasteiger partial charge in [-0.15, -0.1) is 0 Å². The molecule has 0 bridgehead atoms. The van der Waals surface area contributed by atoms with Gasteiger partial charge in [0.25, 0.3) is 0 Å². The molecule has 0 amide bonds. The highest BCUT2D eigenvalue weighted by Crippen LogP contribution is 2.16. The molecular weight excluding hydrogens is 144 g/mol. The molecule has 0 saturated carbocycles. The predicted molar refractivity (Wildman–Crippen MR) is 46.7 cm³/mol. The fraction of sp³-hybridized carbons (Fsp3) is 0.571. The second-order valence-electron chi connectivity index (χ2n) is 3.00. The molecule has 1 aliphatic heterocycles. The quantitative estimate of drug-likeness (QED) is 0.529. The van der Waals surface area contributed by atoms with Crippen molar-refractivity contribution in [1.29, 1.82) is 0 Å². The largest absolute Gasteiger partial charge is 0.343 e. The van der Waals surface area contributed by atoms with Gasteiger partial charge in [-0.25, -0.2) is 0 Å². The van der Waals surface area contributed by atoms with Crippen LogP contribution in [0.2, 0.25) is 0 Å². The molecule has 1 rings (SSSR count). The number of rotatable bonds is 0. The monoisotopic (exact) mass is 156 g/mol. The first kappa shape index (κ1) is 7.54. The third-order valence-electron chi connectivity index (χ3n) is 1.87. The Morgan fingerprint density at radius 1 is 1.60 bits per heavy atom. The minimum absolute atomic E-state index is 0.0579. The van der Waals surface area contributed by atoms with E-state index in [1.807, 2.05) is 18.1 Å². The molecular formula is C7H12N2S. The second kappa shape index (κ2) is 2.23. The van der Waals surface area contributed by atoms with Crippen LogP contribution >= 0.6 is 12.2 Å². The smallest absolute Gasteiger partial charge is 0.173 e. The Hall–Kier alpha value is -0.570. The first-order valence-electron chi connectivity index (χ1n) is 3.26. The zero-order chi connectivity index (χ0) is 7.78. The van der Waals surface area contributed by atoms with Gasteiger partial charge < -0.3 is 10.2 Å². The van der Waals surface area contributed by atoms with Crippen LogP contribution in [0.1, 0.15) is 13.8 Å². The third kappa shape index (κ3) is 1.14. The normalized spacial score (nSPS) is 22.7. The number of nitrogens with zero attached hydrogens (tertiary/aromatic N) is 1. The fourth-order valence-electron chi connectivity index (χ4n) is 0.787. The average Bonchev–Trinajstić information content (AvgIpc) is 1.83. The Kier molecular flexibility index (Phi) is 1.68. The standard InChI is InChI=1S/C7H12N2S/c1-7(2)4-5-8-6(10)9(7)3/h4-5H,1-3H3,(H,8,10). The number of nitrogens with one attached hydrogen (secondary N) is 1. The Morgan fingerprint density at radius 2 is 2.20 bits per heavy atom. The molecule has 0 aromatic carbocycles. The zero-order valence-electron chi connectivity index (χ0n) is 6.51. The molecule has 0 saturated heterocycles. The van der Waals surface area contributed by atoms with Crippen molar-refractivity contribution in [3.8, 4) is 0 Å². The van der Waals surface area contributed by atoms with Gasteiger partial charge in [-0.3, -0.25) is 0 Å². The summed E-state index contributed by atoms with van der Waals surface area (Å²) in [6.07, 6.45) is 3.98. The van der Waals surface area contributed by atoms with Crippen molar-refractivity contribution in [3.05, 3.63) is 12.3 Å². The summed E-state index contributed by atoms with van der Waals surface area (Å²) in [7, 11) is 1.98. The number of likely N-dealkylation sites (N-methyl/N-ethyl adjacent to an activating group) is 1. The molecule has 1 heterocycles. The molecule has 10 heavy (non-hydrogen) atoms. The van der Waals surface area contributed by atoms with E-state index >= 15 is 0 Å². The summed E-state index contributed by atoms with van der Waals surface area (Å²) in [4.78, 5) is 2.03. The summed E-state index contributed by atoms with van der Waals surface area (Å²) in [6.45, 7) is 4.24. The highest BCUT2D eigenvalue weighted by molar-refractivity contribution is 7.80. The van der Waals surface area contributed by atoms with Gasteiger partial charge in [-0.05, 0) is 32.1 Å². The van der Waals surface area contributed by atoms with Gasteiger partial charge in [0.15, 0.2) is 5.11 Å². The number of hydrogen-bond donors (Lipinski definition) is 1. The molecule has 1 aliphatic rings. The first-order valence-corrected chi connectivity index (χ1v) is 3.67. The molecule has 1 N–H and O–H groups in total. The third-order valence-corrected chi connectivity index (χ3v) is 2.26. The van der Waals surface area contributed by atoms with Gasteiger partial charge in [-0.1, -0.05) is 0 Å². The summed E-state index contributed by atoms with van der Waals surface area (Å²) in [5.74, 6) is 0. The van der Waals surface area contributed by atoms with Crippen LogP contribution in [0.3, 0.4) is 0 Å². The van der Waals surface area contributed by atoms with E-state index < -0.39 is 0 Å². The fourth-order valence-corrected chi connectivity index (χ4v) is 1.09. The van der Waals surface area contributed by atoms with Crippen molar-refractivity contribution in [2.45, 2.75) is 19.4 Å². The highest BCUT2D eigenvalue weighted by atomic mass is 32.1. The van der Waals surface area contributed by atoms with Crippen molar-refractivity contribution in [1.82, 2.24) is 10.2 Å². The lowest BCUT2D eigenvalue weighted by Crippen LogP contribution is -2.50. The summed E-state index contributed by atoms with van der Waals surface area (Å²) >= 11 is 5.04. The predicted octanol–water partition coefficient (Wildman–Crippen LogP) is 1.10. The van der Waals surface area contributed by atoms with Crippen LogP contribution in [0.25, 0.3) is 0 Å². The zero-order valence-corrected chi connectivity index (χ0v) is 7.33. The van der Waals surface area contributed by atoms with Crippen molar-refractivity contribution in [2.24, 2.45) is 0 Å². The molecule has 0 radical (unpaired) electrons. The van der Waals surface area contributed by atoms with Crippen LogP contribution in [0.4, 0.5) is 0 Å². The minimum atomic E-state index is 0.0579. The van der Waals surface area contributed by atoms with E-state index in [-0.39, 0.29) is 5.54 Å². The topological polar surface area (TPSA) is 15.3 Å². The van der Waals surface area contributed by atoms with Gasteiger partial charge in [-0.2, -0.15) is 0 Å². The van der Waals surface area contributed by atoms with Crippen LogP contribution in [-0.4, -0.2) is 22.6 Å².